The summed E-state index contributed by atoms with van der Waals surface area (Å²) in [5.74, 6) is -1.23. The summed E-state index contributed by atoms with van der Waals surface area (Å²) >= 11 is 0. The van der Waals surface area contributed by atoms with Gasteiger partial charge in [0, 0.05) is 11.8 Å². The summed E-state index contributed by atoms with van der Waals surface area (Å²) in [5, 5.41) is 0. The van der Waals surface area contributed by atoms with Crippen LogP contribution in [0.3, 0.4) is 0 Å². The Morgan fingerprint density at radius 2 is 1.89 bits per heavy atom. The predicted molar refractivity (Wildman–Crippen MR) is 66.3 cm³/mol. The Morgan fingerprint density at radius 1 is 1.11 bits per heavy atom. The molecular weight excluding hydrogens is 236 g/mol. The van der Waals surface area contributed by atoms with E-state index in [1.54, 1.807) is 25.1 Å². The number of hydrogen-bond donors (Lipinski definition) is 1. The lowest BCUT2D eigenvalue weighted by molar-refractivity contribution is 0.215. The molecule has 1 unspecified atom stereocenters. The van der Waals surface area contributed by atoms with Crippen molar-refractivity contribution in [2.75, 3.05) is 5.73 Å². The van der Waals surface area contributed by atoms with Crippen LogP contribution in [0.25, 0.3) is 0 Å². The van der Waals surface area contributed by atoms with E-state index in [-0.39, 0.29) is 5.75 Å². The molecule has 0 aliphatic rings. The van der Waals surface area contributed by atoms with Crippen molar-refractivity contribution in [1.82, 2.24) is 0 Å². The van der Waals surface area contributed by atoms with Gasteiger partial charge in [0.15, 0.2) is 11.6 Å². The van der Waals surface area contributed by atoms with Crippen molar-refractivity contribution in [3.63, 3.8) is 0 Å². The molecule has 2 aromatic rings. The molecule has 0 aliphatic heterocycles. The summed E-state index contributed by atoms with van der Waals surface area (Å²) in [5.41, 5.74) is 7.06. The zero-order valence-corrected chi connectivity index (χ0v) is 9.86. The van der Waals surface area contributed by atoms with E-state index in [1.165, 1.54) is 0 Å². The summed E-state index contributed by atoms with van der Waals surface area (Å²) in [4.78, 5) is 0. The first kappa shape index (κ1) is 12.4. The fourth-order valence-electron chi connectivity index (χ4n) is 1.64. The van der Waals surface area contributed by atoms with Gasteiger partial charge < -0.3 is 10.5 Å². The molecule has 0 heterocycles. The van der Waals surface area contributed by atoms with Crippen molar-refractivity contribution < 1.29 is 13.5 Å². The largest absolute Gasteiger partial charge is 0.483 e. The third-order valence-corrected chi connectivity index (χ3v) is 2.58. The van der Waals surface area contributed by atoms with Gasteiger partial charge in [0.1, 0.15) is 11.9 Å². The second-order valence-corrected chi connectivity index (χ2v) is 4.00. The first-order valence-corrected chi connectivity index (χ1v) is 5.53. The topological polar surface area (TPSA) is 35.2 Å². The molecule has 0 bridgehead atoms. The number of anilines is 1. The van der Waals surface area contributed by atoms with Crippen LogP contribution in [-0.4, -0.2) is 0 Å². The Kier molecular flexibility index (Phi) is 3.46. The predicted octanol–water partition coefficient (Wildman–Crippen LogP) is 3.69. The Balaban J connectivity index is 2.21. The Hall–Kier alpha value is -2.10. The van der Waals surface area contributed by atoms with E-state index < -0.39 is 17.7 Å². The number of rotatable bonds is 3. The maximum absolute atomic E-state index is 13.4. The highest BCUT2D eigenvalue weighted by atomic mass is 19.1. The van der Waals surface area contributed by atoms with E-state index in [4.69, 9.17) is 10.5 Å². The van der Waals surface area contributed by atoms with Gasteiger partial charge in [0.25, 0.3) is 0 Å². The minimum atomic E-state index is -0.591. The van der Waals surface area contributed by atoms with E-state index >= 15 is 0 Å². The molecule has 0 radical (unpaired) electrons. The van der Waals surface area contributed by atoms with Gasteiger partial charge >= 0.3 is 0 Å². The van der Waals surface area contributed by atoms with E-state index in [0.29, 0.717) is 5.69 Å². The quantitative estimate of drug-likeness (QED) is 0.842. The molecule has 2 aromatic carbocycles. The van der Waals surface area contributed by atoms with Crippen LogP contribution in [0.5, 0.6) is 5.75 Å². The normalized spacial score (nSPS) is 12.2. The van der Waals surface area contributed by atoms with Crippen LogP contribution in [0.4, 0.5) is 14.5 Å². The molecule has 0 fully saturated rings. The second-order valence-electron chi connectivity index (χ2n) is 4.00. The van der Waals surface area contributed by atoms with Crippen LogP contribution in [0, 0.1) is 11.6 Å². The lowest BCUT2D eigenvalue weighted by atomic mass is 10.1. The highest BCUT2D eigenvalue weighted by molar-refractivity contribution is 5.41. The van der Waals surface area contributed by atoms with Crippen LogP contribution in [0.2, 0.25) is 0 Å². The van der Waals surface area contributed by atoms with Crippen molar-refractivity contribution >= 4 is 5.69 Å². The molecule has 18 heavy (non-hydrogen) atoms. The Bertz CT molecular complexity index is 557. The van der Waals surface area contributed by atoms with Crippen LogP contribution < -0.4 is 10.5 Å². The maximum Gasteiger partial charge on any atom is 0.165 e. The summed E-state index contributed by atoms with van der Waals surface area (Å²) in [6, 6.07) is 10.2. The molecule has 0 aromatic heterocycles. The van der Waals surface area contributed by atoms with Crippen molar-refractivity contribution in [3.8, 4) is 5.75 Å². The van der Waals surface area contributed by atoms with Gasteiger partial charge in [0.2, 0.25) is 0 Å². The van der Waals surface area contributed by atoms with Gasteiger partial charge in [-0.15, -0.1) is 0 Å². The lowest BCUT2D eigenvalue weighted by Gasteiger charge is -2.16. The van der Waals surface area contributed by atoms with Crippen LogP contribution in [-0.2, 0) is 0 Å². The maximum atomic E-state index is 13.4. The second kappa shape index (κ2) is 5.04. The SMILES string of the molecule is CC(Oc1cc(F)ccc1F)c1cccc(N)c1. The molecule has 2 rings (SSSR count). The monoisotopic (exact) mass is 249 g/mol. The van der Waals surface area contributed by atoms with E-state index in [0.717, 1.165) is 23.8 Å². The van der Waals surface area contributed by atoms with Crippen molar-refractivity contribution in [2.24, 2.45) is 0 Å². The zero-order chi connectivity index (χ0) is 13.1. The number of benzene rings is 2. The molecule has 0 saturated heterocycles. The number of nitrogens with two attached hydrogens (primary N) is 1. The van der Waals surface area contributed by atoms with E-state index in [1.807, 2.05) is 6.07 Å². The van der Waals surface area contributed by atoms with E-state index in [2.05, 4.69) is 0 Å². The molecular formula is C14H13F2NO. The first-order valence-electron chi connectivity index (χ1n) is 5.53. The average Bonchev–Trinajstić information content (AvgIpc) is 2.34. The fraction of sp³-hybridized carbons (Fsp3) is 0.143. The van der Waals surface area contributed by atoms with Gasteiger partial charge in [-0.1, -0.05) is 12.1 Å². The molecule has 0 spiro atoms. The van der Waals surface area contributed by atoms with Gasteiger partial charge in [-0.2, -0.15) is 0 Å². The van der Waals surface area contributed by atoms with Gasteiger partial charge in [0.05, 0.1) is 0 Å². The van der Waals surface area contributed by atoms with Gasteiger partial charge in [-0.05, 0) is 36.8 Å². The summed E-state index contributed by atoms with van der Waals surface area (Å²) < 4.78 is 31.8. The third-order valence-electron chi connectivity index (χ3n) is 2.58. The minimum Gasteiger partial charge on any atom is -0.483 e. The van der Waals surface area contributed by atoms with Crippen molar-refractivity contribution in [3.05, 3.63) is 59.7 Å². The number of ether oxygens (including phenoxy) is 1. The molecule has 2 nitrogen and oxygen atoms in total. The van der Waals surface area contributed by atoms with Gasteiger partial charge in [-0.3, -0.25) is 0 Å². The smallest absolute Gasteiger partial charge is 0.165 e. The fourth-order valence-corrected chi connectivity index (χ4v) is 1.64. The van der Waals surface area contributed by atoms with Crippen molar-refractivity contribution in [2.45, 2.75) is 13.0 Å². The number of nitrogen functional groups attached to an aromatic ring is 1. The summed E-state index contributed by atoms with van der Waals surface area (Å²) in [6.07, 6.45) is -0.412. The highest BCUT2D eigenvalue weighted by Crippen LogP contribution is 2.25. The van der Waals surface area contributed by atoms with Crippen molar-refractivity contribution in [1.29, 1.82) is 0 Å². The lowest BCUT2D eigenvalue weighted by Crippen LogP contribution is -2.05. The molecule has 2 N–H and O–H groups in total. The summed E-state index contributed by atoms with van der Waals surface area (Å²) in [6.45, 7) is 1.75. The highest BCUT2D eigenvalue weighted by Gasteiger charge is 2.11. The summed E-state index contributed by atoms with van der Waals surface area (Å²) in [7, 11) is 0. The van der Waals surface area contributed by atoms with E-state index in [9.17, 15) is 8.78 Å². The number of hydrogen-bond acceptors (Lipinski definition) is 2. The van der Waals surface area contributed by atoms with Crippen LogP contribution >= 0.6 is 0 Å². The average molecular weight is 249 g/mol. The third kappa shape index (κ3) is 2.77. The first-order chi connectivity index (χ1) is 8.56. The molecule has 94 valence electrons. The Morgan fingerprint density at radius 3 is 2.61 bits per heavy atom. The zero-order valence-electron chi connectivity index (χ0n) is 9.86. The molecule has 0 saturated carbocycles. The standard InChI is InChI=1S/C14H13F2NO/c1-9(10-3-2-4-12(17)7-10)18-14-8-11(15)5-6-13(14)16/h2-9H,17H2,1H3. The molecule has 0 amide bonds. The molecule has 4 heteroatoms. The van der Waals surface area contributed by atoms with Crippen LogP contribution in [0.15, 0.2) is 42.5 Å². The molecule has 1 atom stereocenters. The van der Waals surface area contributed by atoms with Gasteiger partial charge in [-0.25, -0.2) is 8.78 Å². The number of halogens is 2. The van der Waals surface area contributed by atoms with Crippen LogP contribution in [0.1, 0.15) is 18.6 Å². The minimum absolute atomic E-state index is 0.107. The molecule has 0 aliphatic carbocycles. The Labute approximate surface area is 104 Å².